The van der Waals surface area contributed by atoms with Crippen molar-refractivity contribution in [1.82, 2.24) is 0 Å². The van der Waals surface area contributed by atoms with Crippen LogP contribution in [0.5, 0.6) is 28.7 Å². The topological polar surface area (TPSA) is 240 Å². The van der Waals surface area contributed by atoms with Crippen LogP contribution in [-0.4, -0.2) is 123 Å². The molecule has 2 aromatic rings. The Morgan fingerprint density at radius 3 is 1.98 bits per heavy atom. The van der Waals surface area contributed by atoms with Gasteiger partial charge in [-0.1, -0.05) is 90.0 Å². The number of carbonyl (C=O) groups excluding carboxylic acids is 2. The van der Waals surface area contributed by atoms with Gasteiger partial charge in [0.25, 0.3) is 0 Å². The standard InChI is InChI=1S/C44H64O16/c1-4-5-6-7-8-9-10-11-12-13-14-15-16-17-35(47)59-33-22-27(21-32-36(33)29(46)23-31(58-32)26-18-19-30(54-3)28(45)20-26)57-44-42(53)40(51)38(49)34(60-44)24-55-43-41(52)39(50)37(48)25(2)56-43/h18-22,25,31,34,37-45,48-53H,4-17,23-24H2,1-3H3/t25-,31-,34+,37-,38+,39+,40-,41+,42+,43+,44+/m0/s1. The number of ether oxygens (including phenoxy) is 7. The number of unbranched alkanes of at least 4 members (excludes halogenated alkanes) is 12. The van der Waals surface area contributed by atoms with Crippen LogP contribution in [0.4, 0.5) is 0 Å². The van der Waals surface area contributed by atoms with E-state index in [1.165, 1.54) is 89.7 Å². The fourth-order valence-corrected chi connectivity index (χ4v) is 7.73. The summed E-state index contributed by atoms with van der Waals surface area (Å²) in [5.74, 6) is -1.17. The molecular formula is C44H64O16. The zero-order valence-corrected chi connectivity index (χ0v) is 34.9. The number of benzene rings is 2. The average molecular weight is 849 g/mol. The van der Waals surface area contributed by atoms with Crippen molar-refractivity contribution < 1.29 is 78.5 Å². The molecular weight excluding hydrogens is 784 g/mol. The van der Waals surface area contributed by atoms with Crippen molar-refractivity contribution in [3.63, 3.8) is 0 Å². The lowest BCUT2D eigenvalue weighted by Crippen LogP contribution is -2.61. The minimum atomic E-state index is -1.81. The molecule has 0 spiro atoms. The lowest BCUT2D eigenvalue weighted by atomic mass is 9.95. The number of aliphatic hydroxyl groups is 6. The molecule has 3 heterocycles. The molecule has 16 nitrogen and oxygen atoms in total. The Kier molecular flexibility index (Phi) is 18.2. The summed E-state index contributed by atoms with van der Waals surface area (Å²) in [7, 11) is 1.41. The van der Waals surface area contributed by atoms with Gasteiger partial charge in [0.05, 0.1) is 26.2 Å². The first-order chi connectivity index (χ1) is 28.8. The van der Waals surface area contributed by atoms with Crippen LogP contribution >= 0.6 is 0 Å². The van der Waals surface area contributed by atoms with Crippen molar-refractivity contribution in [3.05, 3.63) is 41.5 Å². The van der Waals surface area contributed by atoms with Gasteiger partial charge in [0.2, 0.25) is 6.29 Å². The molecule has 336 valence electrons. The number of rotatable bonds is 22. The van der Waals surface area contributed by atoms with Crippen molar-refractivity contribution in [1.29, 1.82) is 0 Å². The monoisotopic (exact) mass is 848 g/mol. The predicted molar refractivity (Wildman–Crippen MR) is 215 cm³/mol. The highest BCUT2D eigenvalue weighted by atomic mass is 16.7. The number of methoxy groups -OCH3 is 1. The van der Waals surface area contributed by atoms with E-state index in [1.54, 1.807) is 6.07 Å². The van der Waals surface area contributed by atoms with Gasteiger partial charge in [-0.2, -0.15) is 0 Å². The van der Waals surface area contributed by atoms with Crippen molar-refractivity contribution >= 4 is 11.8 Å². The van der Waals surface area contributed by atoms with Crippen molar-refractivity contribution in [3.8, 4) is 28.7 Å². The van der Waals surface area contributed by atoms with E-state index in [4.69, 9.17) is 33.2 Å². The molecule has 2 aromatic carbocycles. The zero-order chi connectivity index (χ0) is 43.3. The highest BCUT2D eigenvalue weighted by molar-refractivity contribution is 6.03. The molecule has 5 rings (SSSR count). The second-order valence-corrected chi connectivity index (χ2v) is 16.1. The maximum absolute atomic E-state index is 13.7. The molecule has 16 heteroatoms. The maximum Gasteiger partial charge on any atom is 0.311 e. The van der Waals surface area contributed by atoms with E-state index in [-0.39, 0.29) is 47.2 Å². The fraction of sp³-hybridized carbons (Fsp3) is 0.682. The number of ketones is 1. The number of phenolic OH excluding ortho intramolecular Hbond substituents is 1. The largest absolute Gasteiger partial charge is 0.504 e. The Hall–Kier alpha value is -3.58. The summed E-state index contributed by atoms with van der Waals surface area (Å²) in [6, 6.07) is 7.21. The van der Waals surface area contributed by atoms with Crippen LogP contribution in [0.3, 0.4) is 0 Å². The first-order valence-corrected chi connectivity index (χ1v) is 21.5. The number of aliphatic hydroxyl groups excluding tert-OH is 6. The number of Topliss-reactive ketones (excluding diaryl/α,β-unsaturated/α-hetero) is 1. The van der Waals surface area contributed by atoms with E-state index in [0.717, 1.165) is 25.7 Å². The van der Waals surface area contributed by atoms with E-state index in [1.807, 2.05) is 0 Å². The van der Waals surface area contributed by atoms with Crippen LogP contribution < -0.4 is 18.9 Å². The van der Waals surface area contributed by atoms with E-state index < -0.39 is 85.9 Å². The van der Waals surface area contributed by atoms with Gasteiger partial charge in [0.15, 0.2) is 23.6 Å². The van der Waals surface area contributed by atoms with Gasteiger partial charge in [0.1, 0.15) is 71.6 Å². The zero-order valence-electron chi connectivity index (χ0n) is 34.9. The molecule has 0 aliphatic carbocycles. The smallest absolute Gasteiger partial charge is 0.311 e. The molecule has 60 heavy (non-hydrogen) atoms. The molecule has 2 saturated heterocycles. The number of hydrogen-bond acceptors (Lipinski definition) is 16. The SMILES string of the molecule is CCCCCCCCCCCCCCCC(=O)Oc1cc(O[C@@H]2O[C@H](CO[C@@H]3O[C@@H](C)[C@H](O)[C@@H](O)[C@H]3O)[C@@H](O)[C@H](O)[C@H]2O)cc2c1C(=O)C[C@@H](c1ccc(OC)c(O)c1)O2. The van der Waals surface area contributed by atoms with Crippen molar-refractivity contribution in [2.24, 2.45) is 0 Å². The Labute approximate surface area is 351 Å². The van der Waals surface area contributed by atoms with E-state index >= 15 is 0 Å². The molecule has 2 fully saturated rings. The van der Waals surface area contributed by atoms with Gasteiger partial charge < -0.3 is 68.9 Å². The Bertz CT molecular complexity index is 1670. The summed E-state index contributed by atoms with van der Waals surface area (Å²) >= 11 is 0. The van der Waals surface area contributed by atoms with Gasteiger partial charge in [0, 0.05) is 18.6 Å². The van der Waals surface area contributed by atoms with Crippen LogP contribution in [0.1, 0.15) is 132 Å². The van der Waals surface area contributed by atoms with E-state index in [0.29, 0.717) is 12.0 Å². The minimum absolute atomic E-state index is 0.00512. The molecule has 0 bridgehead atoms. The lowest BCUT2D eigenvalue weighted by Gasteiger charge is -2.42. The molecule has 3 aliphatic heterocycles. The first-order valence-electron chi connectivity index (χ1n) is 21.5. The van der Waals surface area contributed by atoms with Crippen molar-refractivity contribution in [2.75, 3.05) is 13.7 Å². The van der Waals surface area contributed by atoms with Gasteiger partial charge in [-0.05, 0) is 31.0 Å². The lowest BCUT2D eigenvalue weighted by molar-refractivity contribution is -0.318. The molecule has 0 saturated carbocycles. The maximum atomic E-state index is 13.7. The van der Waals surface area contributed by atoms with E-state index in [9.17, 15) is 45.3 Å². The summed E-state index contributed by atoms with van der Waals surface area (Å²) in [4.78, 5) is 26.9. The third kappa shape index (κ3) is 12.5. The third-order valence-electron chi connectivity index (χ3n) is 11.4. The van der Waals surface area contributed by atoms with Crippen LogP contribution in [0.15, 0.2) is 30.3 Å². The number of fused-ring (bicyclic) bond motifs is 1. The van der Waals surface area contributed by atoms with Gasteiger partial charge >= 0.3 is 5.97 Å². The van der Waals surface area contributed by atoms with Gasteiger partial charge in [-0.3, -0.25) is 9.59 Å². The van der Waals surface area contributed by atoms with Gasteiger partial charge in [-0.15, -0.1) is 0 Å². The fourth-order valence-electron chi connectivity index (χ4n) is 7.73. The Morgan fingerprint density at radius 1 is 0.733 bits per heavy atom. The number of esters is 1. The molecule has 0 aromatic heterocycles. The predicted octanol–water partition coefficient (Wildman–Crippen LogP) is 4.52. The average Bonchev–Trinajstić information content (AvgIpc) is 3.22. The second-order valence-electron chi connectivity index (χ2n) is 16.1. The number of carbonyl (C=O) groups is 2. The van der Waals surface area contributed by atoms with Gasteiger partial charge in [-0.25, -0.2) is 0 Å². The summed E-state index contributed by atoms with van der Waals surface area (Å²) in [5, 5.41) is 73.4. The quantitative estimate of drug-likeness (QED) is 0.0490. The summed E-state index contributed by atoms with van der Waals surface area (Å²) in [5.41, 5.74) is 0.462. The van der Waals surface area contributed by atoms with Crippen LogP contribution in [0.2, 0.25) is 0 Å². The highest BCUT2D eigenvalue weighted by Crippen LogP contribution is 2.44. The van der Waals surface area contributed by atoms with Crippen LogP contribution in [0.25, 0.3) is 0 Å². The highest BCUT2D eigenvalue weighted by Gasteiger charge is 2.47. The van der Waals surface area contributed by atoms with Crippen molar-refractivity contribution in [2.45, 2.75) is 178 Å². The summed E-state index contributed by atoms with van der Waals surface area (Å²) < 4.78 is 40.0. The second kappa shape index (κ2) is 23.0. The normalized spacial score (nSPS) is 29.1. The Morgan fingerprint density at radius 2 is 1.35 bits per heavy atom. The molecule has 0 unspecified atom stereocenters. The first kappa shape index (κ1) is 47.5. The number of hydrogen-bond donors (Lipinski definition) is 7. The molecule has 0 amide bonds. The van der Waals surface area contributed by atoms with Crippen LogP contribution in [-0.2, 0) is 19.0 Å². The number of phenols is 1. The molecule has 7 N–H and O–H groups in total. The minimum Gasteiger partial charge on any atom is -0.504 e. The number of aromatic hydroxyl groups is 1. The van der Waals surface area contributed by atoms with E-state index in [2.05, 4.69) is 6.92 Å². The van der Waals surface area contributed by atoms with Crippen LogP contribution in [0, 0.1) is 0 Å². The summed E-state index contributed by atoms with van der Waals surface area (Å²) in [6.45, 7) is 3.18. The molecule has 3 aliphatic rings. The summed E-state index contributed by atoms with van der Waals surface area (Å²) in [6.07, 6.45) is -1.22. The molecule has 0 radical (unpaired) electrons. The third-order valence-corrected chi connectivity index (χ3v) is 11.4. The molecule has 11 atom stereocenters. The Balaban J connectivity index is 1.25.